The zero-order valence-corrected chi connectivity index (χ0v) is 26.5. The first-order chi connectivity index (χ1) is 24.7. The fourth-order valence-corrected chi connectivity index (χ4v) is 4.66. The van der Waals surface area contributed by atoms with Crippen LogP contribution in [-0.4, -0.2) is 43.2 Å². The summed E-state index contributed by atoms with van der Waals surface area (Å²) in [5, 5.41) is 94.3. The van der Waals surface area contributed by atoms with Crippen LogP contribution in [0.25, 0.3) is 0 Å². The maximum absolute atomic E-state index is 12.1. The first kappa shape index (κ1) is 35.7. The van der Waals surface area contributed by atoms with E-state index >= 15 is 0 Å². The van der Waals surface area contributed by atoms with Crippen LogP contribution in [0.1, 0.15) is 0 Å². The van der Waals surface area contributed by atoms with Crippen molar-refractivity contribution >= 4 is 67.0 Å². The lowest BCUT2D eigenvalue weighted by Gasteiger charge is -2.06. The number of aromatic hydroxyl groups is 4. The van der Waals surface area contributed by atoms with Crippen molar-refractivity contribution < 1.29 is 43.2 Å². The molecule has 0 amide bonds. The summed E-state index contributed by atoms with van der Waals surface area (Å²) in [6.45, 7) is 0. The Morgan fingerprint density at radius 2 is 0.865 bits per heavy atom. The van der Waals surface area contributed by atoms with E-state index in [2.05, 4.69) is 40.9 Å². The van der Waals surface area contributed by atoms with Gasteiger partial charge in [-0.2, -0.15) is 23.8 Å². The summed E-state index contributed by atoms with van der Waals surface area (Å²) in [5.74, 6) is -2.56. The molecule has 0 atom stereocenters. The number of azo groups is 4. The van der Waals surface area contributed by atoms with Crippen LogP contribution in [0, 0.1) is 20.2 Å². The number of hydrogen-bond acceptors (Lipinski definition) is 18. The maximum atomic E-state index is 12.1. The molecule has 5 aromatic rings. The van der Waals surface area contributed by atoms with Gasteiger partial charge in [0.2, 0.25) is 0 Å². The minimum atomic E-state index is -4.92. The molecule has 5 aromatic carbocycles. The molecule has 0 aromatic heterocycles. The number of nitro groups is 2. The third kappa shape index (κ3) is 8.33. The topological polar surface area (TPSA) is 320 Å². The molecule has 0 aliphatic rings. The first-order valence-corrected chi connectivity index (χ1v) is 15.5. The number of nitrogens with zero attached hydrogens (tertiary/aromatic N) is 10. The van der Waals surface area contributed by atoms with Gasteiger partial charge in [-0.05, 0) is 66.7 Å². The van der Waals surface area contributed by atoms with Crippen molar-refractivity contribution in [1.82, 2.24) is 0 Å². The standard InChI is InChI=1S/C30H20N10O11S/c41-24-12-10-21(34-31-16-1-6-19(7-2-16)39(45)46)29(43)27(24)37-33-18-5-14-26(52(49,50)51)23(15-18)36-38-28-25(42)13-11-22(30(28)44)35-32-17-3-8-20(9-4-17)40(47)48/h1-15,41-44H,(H,49,50,51). The van der Waals surface area contributed by atoms with E-state index in [0.717, 1.165) is 30.3 Å². The number of rotatable bonds is 11. The van der Waals surface area contributed by atoms with Gasteiger partial charge in [0.15, 0.2) is 22.9 Å². The molecule has 0 fully saturated rings. The van der Waals surface area contributed by atoms with E-state index in [9.17, 15) is 53.6 Å². The van der Waals surface area contributed by atoms with E-state index in [1.54, 1.807) is 0 Å². The molecule has 5 rings (SSSR count). The highest BCUT2D eigenvalue weighted by molar-refractivity contribution is 7.86. The van der Waals surface area contributed by atoms with Crippen LogP contribution < -0.4 is 0 Å². The number of phenols is 4. The highest BCUT2D eigenvalue weighted by atomic mass is 32.2. The smallest absolute Gasteiger partial charge is 0.296 e. The normalized spacial score (nSPS) is 12.0. The Hall–Kier alpha value is -7.59. The first-order valence-electron chi connectivity index (χ1n) is 14.1. The molecule has 0 unspecified atom stereocenters. The zero-order chi connectivity index (χ0) is 37.6. The molecule has 0 radical (unpaired) electrons. The predicted molar refractivity (Wildman–Crippen MR) is 179 cm³/mol. The van der Waals surface area contributed by atoms with E-state index in [1.807, 2.05) is 0 Å². The Kier molecular flexibility index (Phi) is 10.2. The second kappa shape index (κ2) is 14.9. The van der Waals surface area contributed by atoms with Gasteiger partial charge in [-0.25, -0.2) is 0 Å². The summed E-state index contributed by atoms with van der Waals surface area (Å²) in [4.78, 5) is 19.7. The van der Waals surface area contributed by atoms with Gasteiger partial charge in [-0.15, -0.1) is 25.6 Å². The predicted octanol–water partition coefficient (Wildman–Crippen LogP) is 9.23. The lowest BCUT2D eigenvalue weighted by Crippen LogP contribution is -1.97. The molecular weight excluding hydrogens is 708 g/mol. The summed E-state index contributed by atoms with van der Waals surface area (Å²) in [6, 6.07) is 17.5. The van der Waals surface area contributed by atoms with E-state index in [-0.39, 0.29) is 39.8 Å². The SMILES string of the molecule is O=[N+]([O-])c1ccc(N=Nc2ccc(O)c(N=Nc3ccc(S(=O)(=O)O)c(N=Nc4c(O)ccc(N=Nc5ccc([N+](=O)[O-])cc5)c4O)c3)c2O)cc1. The monoisotopic (exact) mass is 728 g/mol. The Morgan fingerprint density at radius 1 is 0.481 bits per heavy atom. The Bertz CT molecular complexity index is 2440. The lowest BCUT2D eigenvalue weighted by atomic mass is 10.2. The number of phenolic OH excluding ortho intramolecular Hbond substituents is 4. The summed E-state index contributed by atoms with van der Waals surface area (Å²) in [6.07, 6.45) is 0. The molecule has 0 saturated carbocycles. The summed E-state index contributed by atoms with van der Waals surface area (Å²) < 4.78 is 33.9. The van der Waals surface area contributed by atoms with Crippen LogP contribution in [0.2, 0.25) is 0 Å². The van der Waals surface area contributed by atoms with Gasteiger partial charge in [0, 0.05) is 24.3 Å². The molecule has 0 spiro atoms. The Labute approximate surface area is 290 Å². The third-order valence-corrected chi connectivity index (χ3v) is 7.53. The van der Waals surface area contributed by atoms with Gasteiger partial charge in [0.25, 0.3) is 21.5 Å². The molecule has 52 heavy (non-hydrogen) atoms. The van der Waals surface area contributed by atoms with Crippen LogP contribution in [0.3, 0.4) is 0 Å². The van der Waals surface area contributed by atoms with Crippen LogP contribution in [0.4, 0.5) is 56.9 Å². The molecule has 0 aliphatic heterocycles. The number of nitro benzene ring substituents is 2. The minimum Gasteiger partial charge on any atom is -0.505 e. The van der Waals surface area contributed by atoms with E-state index in [1.165, 1.54) is 60.7 Å². The summed E-state index contributed by atoms with van der Waals surface area (Å²) in [7, 11) is -4.92. The summed E-state index contributed by atoms with van der Waals surface area (Å²) in [5.41, 5.74) is -2.10. The van der Waals surface area contributed by atoms with Crippen LogP contribution in [0.5, 0.6) is 23.0 Å². The van der Waals surface area contributed by atoms with Crippen molar-refractivity contribution in [2.24, 2.45) is 40.9 Å². The van der Waals surface area contributed by atoms with Crippen molar-refractivity contribution in [3.8, 4) is 23.0 Å². The maximum Gasteiger partial charge on any atom is 0.296 e. The molecule has 0 bridgehead atoms. The quantitative estimate of drug-likeness (QED) is 0.0369. The van der Waals surface area contributed by atoms with Gasteiger partial charge in [0.1, 0.15) is 33.5 Å². The fraction of sp³-hybridized carbons (Fsp3) is 0. The summed E-state index contributed by atoms with van der Waals surface area (Å²) >= 11 is 0. The van der Waals surface area contributed by atoms with Crippen molar-refractivity contribution in [3.05, 3.63) is 111 Å². The van der Waals surface area contributed by atoms with Gasteiger partial charge in [-0.3, -0.25) is 24.8 Å². The molecule has 5 N–H and O–H groups in total. The number of hydrogen-bond donors (Lipinski definition) is 5. The van der Waals surface area contributed by atoms with Crippen LogP contribution in [0.15, 0.2) is 137 Å². The highest BCUT2D eigenvalue weighted by Gasteiger charge is 2.19. The second-order valence-corrected chi connectivity index (χ2v) is 11.5. The molecular formula is C30H20N10O11S. The van der Waals surface area contributed by atoms with E-state index < -0.39 is 64.9 Å². The lowest BCUT2D eigenvalue weighted by molar-refractivity contribution is -0.385. The van der Waals surface area contributed by atoms with Crippen LogP contribution in [-0.2, 0) is 10.1 Å². The van der Waals surface area contributed by atoms with Crippen molar-refractivity contribution in [2.45, 2.75) is 4.90 Å². The van der Waals surface area contributed by atoms with Crippen molar-refractivity contribution in [3.63, 3.8) is 0 Å². The van der Waals surface area contributed by atoms with E-state index in [4.69, 9.17) is 0 Å². The number of non-ortho nitro benzene ring substituents is 2. The molecule has 22 heteroatoms. The van der Waals surface area contributed by atoms with Gasteiger partial charge in [-0.1, -0.05) is 0 Å². The Balaban J connectivity index is 1.43. The van der Waals surface area contributed by atoms with E-state index in [0.29, 0.717) is 0 Å². The molecule has 262 valence electrons. The molecule has 21 nitrogen and oxygen atoms in total. The van der Waals surface area contributed by atoms with Crippen LogP contribution >= 0.6 is 0 Å². The van der Waals surface area contributed by atoms with Gasteiger partial charge >= 0.3 is 0 Å². The highest BCUT2D eigenvalue weighted by Crippen LogP contribution is 2.46. The van der Waals surface area contributed by atoms with Gasteiger partial charge < -0.3 is 20.4 Å². The Morgan fingerprint density at radius 3 is 1.29 bits per heavy atom. The second-order valence-electron chi connectivity index (χ2n) is 10.1. The zero-order valence-electron chi connectivity index (χ0n) is 25.7. The number of benzene rings is 5. The largest absolute Gasteiger partial charge is 0.505 e. The average Bonchev–Trinajstić information content (AvgIpc) is 3.10. The van der Waals surface area contributed by atoms with Crippen molar-refractivity contribution in [1.29, 1.82) is 0 Å². The van der Waals surface area contributed by atoms with Gasteiger partial charge in [0.05, 0.1) is 26.9 Å². The molecule has 0 aliphatic carbocycles. The molecule has 0 heterocycles. The fourth-order valence-electron chi connectivity index (χ4n) is 4.06. The van der Waals surface area contributed by atoms with Crippen molar-refractivity contribution in [2.75, 3.05) is 0 Å². The molecule has 0 saturated heterocycles. The third-order valence-electron chi connectivity index (χ3n) is 6.63. The average molecular weight is 729 g/mol. The minimum absolute atomic E-state index is 0.142.